The van der Waals surface area contributed by atoms with Crippen molar-refractivity contribution in [2.75, 3.05) is 13.1 Å². The summed E-state index contributed by atoms with van der Waals surface area (Å²) in [7, 11) is 0. The first kappa shape index (κ1) is 15.4. The molecule has 6 heteroatoms. The van der Waals surface area contributed by atoms with E-state index in [-0.39, 0.29) is 17.5 Å². The molecule has 22 heavy (non-hydrogen) atoms. The number of nitriles is 1. The summed E-state index contributed by atoms with van der Waals surface area (Å²) in [6.07, 6.45) is 2.88. The lowest BCUT2D eigenvalue weighted by molar-refractivity contribution is 0.0773. The summed E-state index contributed by atoms with van der Waals surface area (Å²) in [5, 5.41) is 8.95. The maximum Gasteiger partial charge on any atom is 0.256 e. The van der Waals surface area contributed by atoms with Crippen LogP contribution < -0.4 is 4.74 Å². The Kier molecular flexibility index (Phi) is 5.04. The molecule has 0 saturated carbocycles. The zero-order valence-corrected chi connectivity index (χ0v) is 12.5. The first-order valence-corrected chi connectivity index (χ1v) is 6.97. The van der Waals surface area contributed by atoms with Crippen molar-refractivity contribution in [2.24, 2.45) is 0 Å². The molecule has 0 bridgehead atoms. The second kappa shape index (κ2) is 7.18. The third kappa shape index (κ3) is 3.38. The minimum absolute atomic E-state index is 0.0197. The van der Waals surface area contributed by atoms with E-state index in [4.69, 9.17) is 10.00 Å². The first-order valence-electron chi connectivity index (χ1n) is 6.97. The molecule has 2 aromatic rings. The predicted molar refractivity (Wildman–Crippen MR) is 80.5 cm³/mol. The highest BCUT2D eigenvalue weighted by atomic mass is 16.5. The maximum absolute atomic E-state index is 12.2. The van der Waals surface area contributed by atoms with E-state index in [0.29, 0.717) is 24.4 Å². The van der Waals surface area contributed by atoms with E-state index in [1.807, 2.05) is 19.9 Å². The zero-order valence-electron chi connectivity index (χ0n) is 12.5. The van der Waals surface area contributed by atoms with Crippen LogP contribution in [0.4, 0.5) is 0 Å². The van der Waals surface area contributed by atoms with Crippen LogP contribution in [0.3, 0.4) is 0 Å². The van der Waals surface area contributed by atoms with Crippen LogP contribution in [0.1, 0.15) is 29.9 Å². The SMILES string of the molecule is CCN(CC)C(=O)c1ccc(Oc2nccnc2C#N)cc1. The summed E-state index contributed by atoms with van der Waals surface area (Å²) >= 11 is 0. The van der Waals surface area contributed by atoms with Crippen LogP contribution in [0, 0.1) is 11.3 Å². The van der Waals surface area contributed by atoms with Gasteiger partial charge < -0.3 is 9.64 Å². The molecule has 0 aliphatic carbocycles. The molecule has 0 fully saturated rings. The van der Waals surface area contributed by atoms with E-state index in [0.717, 1.165) is 0 Å². The average Bonchev–Trinajstić information content (AvgIpc) is 2.57. The topological polar surface area (TPSA) is 79.1 Å². The lowest BCUT2D eigenvalue weighted by Gasteiger charge is -2.18. The molecule has 1 amide bonds. The van der Waals surface area contributed by atoms with Crippen molar-refractivity contribution in [3.05, 3.63) is 47.9 Å². The van der Waals surface area contributed by atoms with Gasteiger partial charge in [0.25, 0.3) is 11.8 Å². The van der Waals surface area contributed by atoms with Crippen LogP contribution in [0.2, 0.25) is 0 Å². The fraction of sp³-hybridized carbons (Fsp3) is 0.250. The number of hydrogen-bond acceptors (Lipinski definition) is 5. The Hall–Kier alpha value is -2.94. The molecule has 2 rings (SSSR count). The number of rotatable bonds is 5. The van der Waals surface area contributed by atoms with E-state index in [2.05, 4.69) is 9.97 Å². The number of carbonyl (C=O) groups excluding carboxylic acids is 1. The van der Waals surface area contributed by atoms with Crippen molar-refractivity contribution in [1.82, 2.24) is 14.9 Å². The summed E-state index contributed by atoms with van der Waals surface area (Å²) in [6, 6.07) is 8.65. The van der Waals surface area contributed by atoms with Crippen LogP contribution in [0.15, 0.2) is 36.7 Å². The third-order valence-corrected chi connectivity index (χ3v) is 3.14. The molecular weight excluding hydrogens is 280 g/mol. The van der Waals surface area contributed by atoms with Gasteiger partial charge >= 0.3 is 0 Å². The zero-order chi connectivity index (χ0) is 15.9. The van der Waals surface area contributed by atoms with Crippen LogP contribution >= 0.6 is 0 Å². The van der Waals surface area contributed by atoms with Gasteiger partial charge in [0.15, 0.2) is 0 Å². The Labute approximate surface area is 129 Å². The number of ether oxygens (including phenoxy) is 1. The summed E-state index contributed by atoms with van der Waals surface area (Å²) < 4.78 is 5.53. The van der Waals surface area contributed by atoms with E-state index in [9.17, 15) is 4.79 Å². The standard InChI is InChI=1S/C16H16N4O2/c1-3-20(4-2)16(21)12-5-7-13(8-6-12)22-15-14(11-17)18-9-10-19-15/h5-10H,3-4H2,1-2H3. The van der Waals surface area contributed by atoms with Crippen LogP contribution in [-0.2, 0) is 0 Å². The van der Waals surface area contributed by atoms with Gasteiger partial charge in [0.05, 0.1) is 0 Å². The largest absolute Gasteiger partial charge is 0.437 e. The number of aromatic nitrogens is 2. The summed E-state index contributed by atoms with van der Waals surface area (Å²) in [6.45, 7) is 5.21. The Balaban J connectivity index is 2.16. The highest BCUT2D eigenvalue weighted by molar-refractivity contribution is 5.94. The van der Waals surface area contributed by atoms with Crippen LogP contribution in [0.25, 0.3) is 0 Å². The van der Waals surface area contributed by atoms with Crippen LogP contribution in [0.5, 0.6) is 11.6 Å². The molecule has 0 aliphatic rings. The van der Waals surface area contributed by atoms with Gasteiger partial charge in [-0.3, -0.25) is 4.79 Å². The molecule has 0 saturated heterocycles. The van der Waals surface area contributed by atoms with Crippen molar-refractivity contribution in [3.8, 4) is 17.7 Å². The van der Waals surface area contributed by atoms with Gasteiger partial charge in [0.1, 0.15) is 11.8 Å². The van der Waals surface area contributed by atoms with E-state index in [1.54, 1.807) is 29.2 Å². The Morgan fingerprint density at radius 1 is 1.18 bits per heavy atom. The van der Waals surface area contributed by atoms with Gasteiger partial charge in [0.2, 0.25) is 5.69 Å². The van der Waals surface area contributed by atoms with Crippen LogP contribution in [-0.4, -0.2) is 33.9 Å². The molecule has 0 atom stereocenters. The molecule has 0 N–H and O–H groups in total. The van der Waals surface area contributed by atoms with Gasteiger partial charge in [0, 0.05) is 31.0 Å². The van der Waals surface area contributed by atoms with Crippen molar-refractivity contribution >= 4 is 5.91 Å². The minimum atomic E-state index is -0.0197. The highest BCUT2D eigenvalue weighted by Crippen LogP contribution is 2.21. The third-order valence-electron chi connectivity index (χ3n) is 3.14. The number of amides is 1. The summed E-state index contributed by atoms with van der Waals surface area (Å²) in [5.74, 6) is 0.620. The van der Waals surface area contributed by atoms with Gasteiger partial charge in [-0.2, -0.15) is 5.26 Å². The Morgan fingerprint density at radius 3 is 2.41 bits per heavy atom. The van der Waals surface area contributed by atoms with E-state index >= 15 is 0 Å². The molecule has 6 nitrogen and oxygen atoms in total. The molecule has 0 aliphatic heterocycles. The fourth-order valence-corrected chi connectivity index (χ4v) is 1.95. The maximum atomic E-state index is 12.2. The normalized spacial score (nSPS) is 9.86. The number of benzene rings is 1. The highest BCUT2D eigenvalue weighted by Gasteiger charge is 2.13. The average molecular weight is 296 g/mol. The number of carbonyl (C=O) groups is 1. The lowest BCUT2D eigenvalue weighted by Crippen LogP contribution is -2.30. The van der Waals surface area contributed by atoms with Crippen molar-refractivity contribution in [2.45, 2.75) is 13.8 Å². The second-order valence-electron chi connectivity index (χ2n) is 4.43. The molecule has 1 aromatic heterocycles. The predicted octanol–water partition coefficient (Wildman–Crippen LogP) is 2.62. The fourth-order valence-electron chi connectivity index (χ4n) is 1.95. The molecule has 1 heterocycles. The van der Waals surface area contributed by atoms with Gasteiger partial charge in [-0.1, -0.05) is 0 Å². The van der Waals surface area contributed by atoms with Crippen molar-refractivity contribution in [1.29, 1.82) is 5.26 Å². The summed E-state index contributed by atoms with van der Waals surface area (Å²) in [4.78, 5) is 21.8. The molecule has 0 spiro atoms. The monoisotopic (exact) mass is 296 g/mol. The number of hydrogen-bond donors (Lipinski definition) is 0. The second-order valence-corrected chi connectivity index (χ2v) is 4.43. The number of nitrogens with zero attached hydrogens (tertiary/aromatic N) is 4. The molecule has 0 unspecified atom stereocenters. The quantitative estimate of drug-likeness (QED) is 0.847. The first-order chi connectivity index (χ1) is 10.7. The van der Waals surface area contributed by atoms with Crippen molar-refractivity contribution < 1.29 is 9.53 Å². The Bertz CT molecular complexity index is 688. The van der Waals surface area contributed by atoms with Gasteiger partial charge in [-0.15, -0.1) is 0 Å². The molecule has 1 aromatic carbocycles. The van der Waals surface area contributed by atoms with E-state index in [1.165, 1.54) is 12.4 Å². The summed E-state index contributed by atoms with van der Waals surface area (Å²) in [5.41, 5.74) is 0.710. The lowest BCUT2D eigenvalue weighted by atomic mass is 10.2. The van der Waals surface area contributed by atoms with Crippen molar-refractivity contribution in [3.63, 3.8) is 0 Å². The molecular formula is C16H16N4O2. The molecule has 112 valence electrons. The molecule has 0 radical (unpaired) electrons. The van der Waals surface area contributed by atoms with Gasteiger partial charge in [-0.05, 0) is 38.1 Å². The van der Waals surface area contributed by atoms with Gasteiger partial charge in [-0.25, -0.2) is 9.97 Å². The minimum Gasteiger partial charge on any atom is -0.437 e. The Morgan fingerprint density at radius 2 is 1.82 bits per heavy atom. The smallest absolute Gasteiger partial charge is 0.256 e. The van der Waals surface area contributed by atoms with E-state index < -0.39 is 0 Å².